The maximum atomic E-state index is 12.0. The SMILES string of the molecule is CC(NC(=O)OC(C)(C)C)OC(=O)CCC1=CN(C)c2ccccc2C1. The van der Waals surface area contributed by atoms with Gasteiger partial charge in [0.05, 0.1) is 0 Å². The molecule has 6 heteroatoms. The van der Waals surface area contributed by atoms with E-state index in [-0.39, 0.29) is 12.4 Å². The summed E-state index contributed by atoms with van der Waals surface area (Å²) in [6, 6.07) is 8.23. The largest absolute Gasteiger partial charge is 0.444 e. The van der Waals surface area contributed by atoms with Crippen LogP contribution in [0.5, 0.6) is 0 Å². The van der Waals surface area contributed by atoms with E-state index in [2.05, 4.69) is 28.5 Å². The Labute approximate surface area is 155 Å². The fourth-order valence-electron chi connectivity index (χ4n) is 2.81. The summed E-state index contributed by atoms with van der Waals surface area (Å²) >= 11 is 0. The molecule has 1 heterocycles. The number of carbonyl (C=O) groups excluding carboxylic acids is 2. The van der Waals surface area contributed by atoms with Crippen molar-refractivity contribution < 1.29 is 19.1 Å². The van der Waals surface area contributed by atoms with Gasteiger partial charge >= 0.3 is 12.1 Å². The first-order chi connectivity index (χ1) is 12.1. The van der Waals surface area contributed by atoms with Crippen molar-refractivity contribution in [3.8, 4) is 0 Å². The second kappa shape index (κ2) is 8.25. The molecular formula is C20H28N2O4. The van der Waals surface area contributed by atoms with E-state index in [1.165, 1.54) is 16.8 Å². The number of fused-ring (bicyclic) bond motifs is 1. The van der Waals surface area contributed by atoms with Crippen LogP contribution in [0.3, 0.4) is 0 Å². The number of ether oxygens (including phenoxy) is 2. The monoisotopic (exact) mass is 360 g/mol. The molecule has 0 saturated heterocycles. The molecular weight excluding hydrogens is 332 g/mol. The number of anilines is 1. The van der Waals surface area contributed by atoms with Gasteiger partial charge in [0.15, 0.2) is 6.23 Å². The number of hydrogen-bond acceptors (Lipinski definition) is 5. The van der Waals surface area contributed by atoms with E-state index < -0.39 is 17.9 Å². The average Bonchev–Trinajstić information content (AvgIpc) is 2.51. The van der Waals surface area contributed by atoms with Gasteiger partial charge in [0, 0.05) is 25.4 Å². The Bertz CT molecular complexity index is 691. The molecule has 0 aromatic heterocycles. The van der Waals surface area contributed by atoms with Crippen LogP contribution in [0.15, 0.2) is 36.0 Å². The molecule has 0 fully saturated rings. The number of allylic oxidation sites excluding steroid dienone is 1. The van der Waals surface area contributed by atoms with Crippen molar-refractivity contribution >= 4 is 17.7 Å². The van der Waals surface area contributed by atoms with E-state index in [9.17, 15) is 9.59 Å². The second-order valence-electron chi connectivity index (χ2n) is 7.48. The van der Waals surface area contributed by atoms with E-state index >= 15 is 0 Å². The number of nitrogens with one attached hydrogen (secondary N) is 1. The van der Waals surface area contributed by atoms with Gasteiger partial charge in [0.1, 0.15) is 5.60 Å². The summed E-state index contributed by atoms with van der Waals surface area (Å²) in [5.74, 6) is -0.351. The van der Waals surface area contributed by atoms with Crippen LogP contribution in [0.1, 0.15) is 46.1 Å². The molecule has 1 unspecified atom stereocenters. The van der Waals surface area contributed by atoms with Gasteiger partial charge in [0.2, 0.25) is 0 Å². The van der Waals surface area contributed by atoms with Gasteiger partial charge < -0.3 is 14.4 Å². The number of nitrogens with zero attached hydrogens (tertiary/aromatic N) is 1. The van der Waals surface area contributed by atoms with Crippen molar-refractivity contribution in [1.82, 2.24) is 5.32 Å². The number of benzene rings is 1. The summed E-state index contributed by atoms with van der Waals surface area (Å²) in [4.78, 5) is 25.8. The molecule has 6 nitrogen and oxygen atoms in total. The molecule has 0 spiro atoms. The predicted octanol–water partition coefficient (Wildman–Crippen LogP) is 3.76. The third-order valence-electron chi connectivity index (χ3n) is 3.84. The minimum atomic E-state index is -0.735. The summed E-state index contributed by atoms with van der Waals surface area (Å²) in [7, 11) is 2.00. The maximum Gasteiger partial charge on any atom is 0.410 e. The Balaban J connectivity index is 1.78. The number of carbonyl (C=O) groups is 2. The minimum absolute atomic E-state index is 0.266. The van der Waals surface area contributed by atoms with Crippen LogP contribution in [0.2, 0.25) is 0 Å². The fourth-order valence-corrected chi connectivity index (χ4v) is 2.81. The Morgan fingerprint density at radius 2 is 1.96 bits per heavy atom. The van der Waals surface area contributed by atoms with E-state index in [4.69, 9.17) is 9.47 Å². The van der Waals surface area contributed by atoms with Crippen LogP contribution in [-0.2, 0) is 20.7 Å². The molecule has 1 amide bonds. The van der Waals surface area contributed by atoms with Gasteiger partial charge in [-0.2, -0.15) is 0 Å². The highest BCUT2D eigenvalue weighted by Gasteiger charge is 2.20. The third kappa shape index (κ3) is 6.10. The summed E-state index contributed by atoms with van der Waals surface area (Å²) in [6.45, 7) is 6.93. The van der Waals surface area contributed by atoms with E-state index in [0.717, 1.165) is 6.42 Å². The smallest absolute Gasteiger partial charge is 0.410 e. The number of hydrogen-bond donors (Lipinski definition) is 1. The highest BCUT2D eigenvalue weighted by Crippen LogP contribution is 2.29. The van der Waals surface area contributed by atoms with Crippen LogP contribution in [-0.4, -0.2) is 30.9 Å². The van der Waals surface area contributed by atoms with Gasteiger partial charge in [-0.3, -0.25) is 10.1 Å². The Hall–Kier alpha value is -2.50. The molecule has 1 aromatic rings. The van der Waals surface area contributed by atoms with Crippen molar-refractivity contribution in [3.63, 3.8) is 0 Å². The molecule has 1 aliphatic heterocycles. The highest BCUT2D eigenvalue weighted by atomic mass is 16.6. The lowest BCUT2D eigenvalue weighted by Gasteiger charge is -2.26. The Kier molecular flexibility index (Phi) is 6.29. The van der Waals surface area contributed by atoms with Gasteiger partial charge in [-0.05, 0) is 57.7 Å². The predicted molar refractivity (Wildman–Crippen MR) is 101 cm³/mol. The molecule has 1 aliphatic rings. The third-order valence-corrected chi connectivity index (χ3v) is 3.84. The first-order valence-electron chi connectivity index (χ1n) is 8.83. The quantitative estimate of drug-likeness (QED) is 0.640. The standard InChI is InChI=1S/C20H28N2O4/c1-14(21-19(24)26-20(2,3)4)25-18(23)11-10-15-12-16-8-6-7-9-17(16)22(5)13-15/h6-9,13-14H,10-12H2,1-5H3,(H,21,24). The zero-order valence-electron chi connectivity index (χ0n) is 16.2. The molecule has 2 rings (SSSR count). The number of esters is 1. The maximum absolute atomic E-state index is 12.0. The second-order valence-corrected chi connectivity index (χ2v) is 7.48. The molecule has 0 radical (unpaired) electrons. The molecule has 26 heavy (non-hydrogen) atoms. The van der Waals surface area contributed by atoms with Crippen molar-refractivity contribution in [2.24, 2.45) is 0 Å². The summed E-state index contributed by atoms with van der Waals surface area (Å²) in [5.41, 5.74) is 3.02. The van der Waals surface area contributed by atoms with Crippen LogP contribution in [0.25, 0.3) is 0 Å². The molecule has 1 aromatic carbocycles. The van der Waals surface area contributed by atoms with E-state index in [1.54, 1.807) is 27.7 Å². The van der Waals surface area contributed by atoms with Crippen molar-refractivity contribution in [2.75, 3.05) is 11.9 Å². The number of rotatable bonds is 5. The lowest BCUT2D eigenvalue weighted by molar-refractivity contribution is -0.149. The van der Waals surface area contributed by atoms with Crippen molar-refractivity contribution in [3.05, 3.63) is 41.6 Å². The first kappa shape index (κ1) is 19.8. The van der Waals surface area contributed by atoms with Gasteiger partial charge in [-0.25, -0.2) is 4.79 Å². The van der Waals surface area contributed by atoms with Gasteiger partial charge in [0.25, 0.3) is 0 Å². The van der Waals surface area contributed by atoms with Crippen molar-refractivity contribution in [2.45, 2.75) is 58.8 Å². The average molecular weight is 360 g/mol. The summed E-state index contributed by atoms with van der Waals surface area (Å²) in [5, 5.41) is 2.50. The molecule has 0 saturated carbocycles. The van der Waals surface area contributed by atoms with Gasteiger partial charge in [-0.1, -0.05) is 18.2 Å². The van der Waals surface area contributed by atoms with Crippen LogP contribution in [0.4, 0.5) is 10.5 Å². The lowest BCUT2D eigenvalue weighted by atomic mass is 9.97. The number of para-hydroxylation sites is 1. The highest BCUT2D eigenvalue weighted by molar-refractivity contribution is 5.71. The lowest BCUT2D eigenvalue weighted by Crippen LogP contribution is -2.39. The van der Waals surface area contributed by atoms with Crippen molar-refractivity contribution in [1.29, 1.82) is 0 Å². The molecule has 1 atom stereocenters. The Morgan fingerprint density at radius 3 is 2.65 bits per heavy atom. The fraction of sp³-hybridized carbons (Fsp3) is 0.500. The first-order valence-corrected chi connectivity index (χ1v) is 8.83. The van der Waals surface area contributed by atoms with E-state index in [0.29, 0.717) is 6.42 Å². The summed E-state index contributed by atoms with van der Waals surface area (Å²) in [6.07, 6.45) is 2.45. The Morgan fingerprint density at radius 1 is 1.27 bits per heavy atom. The minimum Gasteiger partial charge on any atom is -0.444 e. The molecule has 142 valence electrons. The normalized spacial score (nSPS) is 14.8. The zero-order valence-corrected chi connectivity index (χ0v) is 16.2. The van der Waals surface area contributed by atoms with Gasteiger partial charge in [-0.15, -0.1) is 0 Å². The summed E-state index contributed by atoms with van der Waals surface area (Å²) < 4.78 is 10.4. The zero-order chi connectivity index (χ0) is 19.3. The van der Waals surface area contributed by atoms with Crippen LogP contribution in [0, 0.1) is 0 Å². The van der Waals surface area contributed by atoms with Crippen LogP contribution < -0.4 is 10.2 Å². The topological polar surface area (TPSA) is 67.9 Å². The molecule has 1 N–H and O–H groups in total. The number of alkyl carbamates (subject to hydrolysis) is 1. The van der Waals surface area contributed by atoms with Crippen LogP contribution >= 0.6 is 0 Å². The van der Waals surface area contributed by atoms with E-state index in [1.807, 2.05) is 19.2 Å². The number of amides is 1. The molecule has 0 bridgehead atoms. The molecule has 0 aliphatic carbocycles.